The van der Waals surface area contributed by atoms with Crippen molar-refractivity contribution in [3.63, 3.8) is 0 Å². The van der Waals surface area contributed by atoms with Gasteiger partial charge in [-0.25, -0.2) is 0 Å². The monoisotopic (exact) mass is 534 g/mol. The molecule has 3 N–H and O–H groups in total. The minimum atomic E-state index is -0.941. The van der Waals surface area contributed by atoms with Gasteiger partial charge in [0, 0.05) is 45.9 Å². The maximum atomic E-state index is 12.5. The number of carbonyl (C=O) groups is 2. The smallest absolute Gasteiger partial charge is 0.305 e. The topological polar surface area (TPSA) is 82.2 Å². The van der Waals surface area contributed by atoms with E-state index in [9.17, 15) is 9.59 Å². The second-order valence-corrected chi connectivity index (χ2v) is 9.98. The Hall–Kier alpha value is -3.22. The zero-order valence-electron chi connectivity index (χ0n) is 20.7. The maximum absolute atomic E-state index is 12.5. The van der Waals surface area contributed by atoms with Crippen molar-refractivity contribution in [3.05, 3.63) is 106 Å². The Morgan fingerprint density at radius 2 is 1.84 bits per heavy atom. The molecule has 5 nitrogen and oxygen atoms in total. The fourth-order valence-electron chi connectivity index (χ4n) is 4.98. The average molecular weight is 535 g/mol. The molecule has 4 aromatic rings. The second kappa shape index (κ2) is 12.3. The van der Waals surface area contributed by atoms with E-state index in [2.05, 4.69) is 60.3 Å². The lowest BCUT2D eigenvalue weighted by atomic mass is 9.75. The van der Waals surface area contributed by atoms with E-state index in [4.69, 9.17) is 16.7 Å². The van der Waals surface area contributed by atoms with Gasteiger partial charge in [0.1, 0.15) is 0 Å². The predicted octanol–water partition coefficient (Wildman–Crippen LogP) is 7.17. The number of aromatic amines is 1. The summed E-state index contributed by atoms with van der Waals surface area (Å²) < 4.78 is 0. The SMILES string of the molecule is CCCC(c1ccc(C(=O)NCCC(=O)O)cc1)C(c1cccc(Cl)c1)c1c[nH]c2ccc(CS)cc12. The molecule has 0 radical (unpaired) electrons. The van der Waals surface area contributed by atoms with Crippen LogP contribution >= 0.6 is 24.2 Å². The van der Waals surface area contributed by atoms with Crippen LogP contribution in [0.5, 0.6) is 0 Å². The molecule has 0 saturated heterocycles. The molecule has 0 aliphatic heterocycles. The van der Waals surface area contributed by atoms with Crippen molar-refractivity contribution >= 4 is 47.0 Å². The summed E-state index contributed by atoms with van der Waals surface area (Å²) in [4.78, 5) is 26.7. The number of amides is 1. The van der Waals surface area contributed by atoms with Crippen molar-refractivity contribution in [1.82, 2.24) is 10.3 Å². The molecule has 192 valence electrons. The van der Waals surface area contributed by atoms with Gasteiger partial charge in [0.05, 0.1) is 6.42 Å². The minimum absolute atomic E-state index is 0.0396. The molecule has 0 aliphatic carbocycles. The number of aliphatic carboxylic acids is 1. The van der Waals surface area contributed by atoms with Crippen LogP contribution in [0.2, 0.25) is 5.02 Å². The van der Waals surface area contributed by atoms with Crippen molar-refractivity contribution in [1.29, 1.82) is 0 Å². The third kappa shape index (κ3) is 6.38. The van der Waals surface area contributed by atoms with Gasteiger partial charge >= 0.3 is 5.97 Å². The highest BCUT2D eigenvalue weighted by atomic mass is 35.5. The Kier molecular flexibility index (Phi) is 8.95. The summed E-state index contributed by atoms with van der Waals surface area (Å²) in [5.41, 5.74) is 6.22. The molecule has 0 bridgehead atoms. The summed E-state index contributed by atoms with van der Waals surface area (Å²) in [6, 6.07) is 22.1. The molecule has 0 aliphatic rings. The fraction of sp³-hybridized carbons (Fsp3) is 0.267. The Labute approximate surface area is 227 Å². The number of halogens is 1. The highest BCUT2D eigenvalue weighted by Gasteiger charge is 2.28. The molecule has 1 aromatic heterocycles. The molecular weight excluding hydrogens is 504 g/mol. The number of carbonyl (C=O) groups excluding carboxylic acids is 1. The summed E-state index contributed by atoms with van der Waals surface area (Å²) in [6.07, 6.45) is 3.93. The van der Waals surface area contributed by atoms with Crippen LogP contribution in [0.1, 0.15) is 70.6 Å². The van der Waals surface area contributed by atoms with Crippen LogP contribution < -0.4 is 5.32 Å². The highest BCUT2D eigenvalue weighted by Crippen LogP contribution is 2.44. The van der Waals surface area contributed by atoms with E-state index < -0.39 is 5.97 Å². The van der Waals surface area contributed by atoms with Crippen molar-refractivity contribution in [2.75, 3.05) is 6.54 Å². The average Bonchev–Trinajstić information content (AvgIpc) is 3.31. The molecule has 37 heavy (non-hydrogen) atoms. The van der Waals surface area contributed by atoms with Gasteiger partial charge in [0.25, 0.3) is 5.91 Å². The van der Waals surface area contributed by atoms with Crippen molar-refractivity contribution in [2.24, 2.45) is 0 Å². The first-order chi connectivity index (χ1) is 17.9. The third-order valence-corrected chi connectivity index (χ3v) is 7.33. The lowest BCUT2D eigenvalue weighted by Crippen LogP contribution is -2.26. The summed E-state index contributed by atoms with van der Waals surface area (Å²) in [5.74, 6) is -0.369. The second-order valence-electron chi connectivity index (χ2n) is 9.23. The zero-order valence-corrected chi connectivity index (χ0v) is 22.4. The van der Waals surface area contributed by atoms with Gasteiger partial charge in [-0.1, -0.05) is 55.3 Å². The van der Waals surface area contributed by atoms with Crippen LogP contribution in [0.15, 0.2) is 72.9 Å². The molecule has 7 heteroatoms. The lowest BCUT2D eigenvalue weighted by Gasteiger charge is -2.29. The van der Waals surface area contributed by atoms with Gasteiger partial charge in [-0.15, -0.1) is 0 Å². The molecule has 0 spiro atoms. The first kappa shape index (κ1) is 26.8. The maximum Gasteiger partial charge on any atom is 0.305 e. The van der Waals surface area contributed by atoms with Crippen LogP contribution in [0.25, 0.3) is 10.9 Å². The van der Waals surface area contributed by atoms with Crippen molar-refractivity contribution in [2.45, 2.75) is 43.8 Å². The molecule has 0 fully saturated rings. The number of aromatic nitrogens is 1. The van der Waals surface area contributed by atoms with Crippen LogP contribution in [-0.2, 0) is 10.5 Å². The minimum Gasteiger partial charge on any atom is -0.481 e. The number of benzene rings is 3. The molecule has 1 heterocycles. The molecule has 1 amide bonds. The Bertz CT molecular complexity index is 1380. The van der Waals surface area contributed by atoms with E-state index in [0.29, 0.717) is 16.3 Å². The van der Waals surface area contributed by atoms with E-state index in [-0.39, 0.29) is 30.7 Å². The number of H-pyrrole nitrogens is 1. The number of nitrogens with one attached hydrogen (secondary N) is 2. The molecule has 3 aromatic carbocycles. The number of carboxylic acid groups (broad SMARTS) is 1. The number of carboxylic acids is 1. The molecule has 4 rings (SSSR count). The van der Waals surface area contributed by atoms with Gasteiger partial charge in [0.2, 0.25) is 0 Å². The van der Waals surface area contributed by atoms with Crippen LogP contribution in [0, 0.1) is 0 Å². The van der Waals surface area contributed by atoms with Gasteiger partial charge in [-0.2, -0.15) is 12.6 Å². The number of fused-ring (bicyclic) bond motifs is 1. The normalized spacial score (nSPS) is 12.8. The molecular formula is C30H31ClN2O3S. The summed E-state index contributed by atoms with van der Waals surface area (Å²) in [6.45, 7) is 2.28. The van der Waals surface area contributed by atoms with Gasteiger partial charge in [-0.05, 0) is 71.0 Å². The molecule has 2 unspecified atom stereocenters. The first-order valence-corrected chi connectivity index (χ1v) is 13.5. The number of hydrogen-bond donors (Lipinski definition) is 4. The van der Waals surface area contributed by atoms with E-state index in [1.807, 2.05) is 42.5 Å². The van der Waals surface area contributed by atoms with Gasteiger partial charge < -0.3 is 15.4 Å². The lowest BCUT2D eigenvalue weighted by molar-refractivity contribution is -0.136. The van der Waals surface area contributed by atoms with Crippen molar-refractivity contribution < 1.29 is 14.7 Å². The molecule has 2 atom stereocenters. The summed E-state index contributed by atoms with van der Waals surface area (Å²) in [5, 5.41) is 13.4. The predicted molar refractivity (Wildman–Crippen MR) is 153 cm³/mol. The Morgan fingerprint density at radius 1 is 1.05 bits per heavy atom. The Balaban J connectivity index is 1.75. The van der Waals surface area contributed by atoms with Gasteiger partial charge in [0.15, 0.2) is 0 Å². The number of hydrogen-bond acceptors (Lipinski definition) is 3. The quantitative estimate of drug-likeness (QED) is 0.154. The fourth-order valence-corrected chi connectivity index (χ4v) is 5.37. The standard InChI is InChI=1S/C30H31ClN2O3S/c1-2-4-24(20-8-10-21(11-9-20)30(36)32-14-13-28(34)35)29(22-5-3-6-23(31)16-22)26-17-33-27-12-7-19(18-37)15-25(26)27/h3,5-12,15-17,24,29,33,37H,2,4,13-14,18H2,1H3,(H,32,36)(H,34,35). The highest BCUT2D eigenvalue weighted by molar-refractivity contribution is 7.79. The van der Waals surface area contributed by atoms with Gasteiger partial charge in [-0.3, -0.25) is 9.59 Å². The van der Waals surface area contributed by atoms with Crippen LogP contribution in [-0.4, -0.2) is 28.5 Å². The first-order valence-electron chi connectivity index (χ1n) is 12.5. The van der Waals surface area contributed by atoms with Crippen LogP contribution in [0.4, 0.5) is 0 Å². The zero-order chi connectivity index (χ0) is 26.4. The van der Waals surface area contributed by atoms with E-state index in [1.54, 1.807) is 0 Å². The Morgan fingerprint density at radius 3 is 2.51 bits per heavy atom. The summed E-state index contributed by atoms with van der Waals surface area (Å²) >= 11 is 10.9. The third-order valence-electron chi connectivity index (χ3n) is 6.73. The van der Waals surface area contributed by atoms with Crippen LogP contribution in [0.3, 0.4) is 0 Å². The number of rotatable bonds is 11. The van der Waals surface area contributed by atoms with Crippen molar-refractivity contribution in [3.8, 4) is 0 Å². The van der Waals surface area contributed by atoms with E-state index in [1.165, 1.54) is 10.9 Å². The van der Waals surface area contributed by atoms with E-state index >= 15 is 0 Å². The number of thiol groups is 1. The molecule has 0 saturated carbocycles. The largest absolute Gasteiger partial charge is 0.481 e. The summed E-state index contributed by atoms with van der Waals surface area (Å²) in [7, 11) is 0. The van der Waals surface area contributed by atoms with E-state index in [0.717, 1.165) is 35.0 Å².